The summed E-state index contributed by atoms with van der Waals surface area (Å²) in [5.41, 5.74) is 3.85. The van der Waals surface area contributed by atoms with Crippen molar-refractivity contribution in [3.05, 3.63) is 0 Å². The van der Waals surface area contributed by atoms with Crippen LogP contribution in [0.25, 0.3) is 0 Å². The Balaban J connectivity index is 4.68. The second kappa shape index (κ2) is 5.01. The first-order chi connectivity index (χ1) is 6.31. The molecular formula is C6H15NO6S. The van der Waals surface area contributed by atoms with Gasteiger partial charge in [-0.1, -0.05) is 0 Å². The van der Waals surface area contributed by atoms with Gasteiger partial charge >= 0.3 is 0 Å². The molecule has 0 saturated carbocycles. The topological polar surface area (TPSA) is 141 Å². The molecule has 0 bridgehead atoms. The van der Waals surface area contributed by atoms with Crippen molar-refractivity contribution in [2.24, 2.45) is 11.1 Å². The van der Waals surface area contributed by atoms with Gasteiger partial charge in [0, 0.05) is 6.04 Å². The lowest BCUT2D eigenvalue weighted by atomic mass is 9.84. The fourth-order valence-corrected chi connectivity index (χ4v) is 1.71. The monoisotopic (exact) mass is 229 g/mol. The first-order valence-corrected chi connectivity index (χ1v) is 5.45. The van der Waals surface area contributed by atoms with Crippen LogP contribution in [0.3, 0.4) is 0 Å². The largest absolute Gasteiger partial charge is 0.396 e. The van der Waals surface area contributed by atoms with Gasteiger partial charge in [0.15, 0.2) is 0 Å². The number of aliphatic hydroxyl groups is 3. The van der Waals surface area contributed by atoms with Gasteiger partial charge in [-0.3, -0.25) is 4.55 Å². The van der Waals surface area contributed by atoms with Gasteiger partial charge < -0.3 is 21.1 Å². The Labute approximate surface area is 81.9 Å². The van der Waals surface area contributed by atoms with Gasteiger partial charge in [0.25, 0.3) is 10.1 Å². The van der Waals surface area contributed by atoms with E-state index in [9.17, 15) is 8.42 Å². The van der Waals surface area contributed by atoms with E-state index in [1.165, 1.54) is 0 Å². The standard InChI is InChI=1S/C6H15NO6S/c7-5(1-14(11,12)13)6(2-8,3-9)4-10/h5,8-10H,1-4,7H2,(H,11,12,13). The summed E-state index contributed by atoms with van der Waals surface area (Å²) in [6.45, 7) is -2.01. The summed E-state index contributed by atoms with van der Waals surface area (Å²) in [7, 11) is -4.30. The quantitative estimate of drug-likeness (QED) is 0.309. The Morgan fingerprint density at radius 1 is 1.14 bits per heavy atom. The minimum absolute atomic E-state index is 0.670. The molecule has 0 aromatic rings. The van der Waals surface area contributed by atoms with Crippen LogP contribution in [0.15, 0.2) is 0 Å². The highest BCUT2D eigenvalue weighted by Crippen LogP contribution is 2.19. The van der Waals surface area contributed by atoms with Gasteiger partial charge in [-0.15, -0.1) is 0 Å². The summed E-state index contributed by atoms with van der Waals surface area (Å²) < 4.78 is 29.4. The van der Waals surface area contributed by atoms with E-state index >= 15 is 0 Å². The molecule has 0 spiro atoms. The Morgan fingerprint density at radius 3 is 1.71 bits per heavy atom. The summed E-state index contributed by atoms with van der Waals surface area (Å²) in [5, 5.41) is 26.6. The first kappa shape index (κ1) is 13.8. The molecule has 0 amide bonds. The summed E-state index contributed by atoms with van der Waals surface area (Å²) in [5.74, 6) is -0.825. The van der Waals surface area contributed by atoms with E-state index in [1.807, 2.05) is 0 Å². The number of rotatable bonds is 6. The van der Waals surface area contributed by atoms with Crippen LogP contribution in [0.2, 0.25) is 0 Å². The lowest BCUT2D eigenvalue weighted by molar-refractivity contribution is -0.00846. The molecule has 0 saturated heterocycles. The van der Waals surface area contributed by atoms with Crippen LogP contribution >= 0.6 is 0 Å². The van der Waals surface area contributed by atoms with Crippen molar-refractivity contribution in [2.45, 2.75) is 6.04 Å². The van der Waals surface area contributed by atoms with E-state index in [0.717, 1.165) is 0 Å². The average molecular weight is 229 g/mol. The van der Waals surface area contributed by atoms with E-state index in [1.54, 1.807) is 0 Å². The molecule has 8 heteroatoms. The van der Waals surface area contributed by atoms with Crippen LogP contribution < -0.4 is 5.73 Å². The number of aliphatic hydroxyl groups excluding tert-OH is 3. The minimum Gasteiger partial charge on any atom is -0.396 e. The molecule has 14 heavy (non-hydrogen) atoms. The fraction of sp³-hybridized carbons (Fsp3) is 1.00. The first-order valence-electron chi connectivity index (χ1n) is 3.84. The molecule has 0 aromatic heterocycles. The van der Waals surface area contributed by atoms with Crippen molar-refractivity contribution in [3.8, 4) is 0 Å². The van der Waals surface area contributed by atoms with Crippen LogP contribution in [0, 0.1) is 5.41 Å². The van der Waals surface area contributed by atoms with Crippen LogP contribution in [-0.4, -0.2) is 59.9 Å². The SMILES string of the molecule is NC(CS(=O)(=O)O)C(CO)(CO)CO. The highest BCUT2D eigenvalue weighted by Gasteiger charge is 2.37. The summed E-state index contributed by atoms with van der Waals surface area (Å²) in [4.78, 5) is 0. The van der Waals surface area contributed by atoms with E-state index < -0.39 is 47.1 Å². The average Bonchev–Trinajstić information content (AvgIpc) is 2.05. The fourth-order valence-electron chi connectivity index (χ4n) is 0.905. The van der Waals surface area contributed by atoms with Crippen molar-refractivity contribution in [3.63, 3.8) is 0 Å². The zero-order valence-corrected chi connectivity index (χ0v) is 8.31. The van der Waals surface area contributed by atoms with Gasteiger partial charge in [-0.25, -0.2) is 0 Å². The molecule has 86 valence electrons. The van der Waals surface area contributed by atoms with Crippen molar-refractivity contribution in [1.82, 2.24) is 0 Å². The van der Waals surface area contributed by atoms with Gasteiger partial charge in [-0.2, -0.15) is 8.42 Å². The molecule has 0 aliphatic carbocycles. The lowest BCUT2D eigenvalue weighted by Gasteiger charge is -2.32. The maximum absolute atomic E-state index is 10.5. The van der Waals surface area contributed by atoms with Gasteiger partial charge in [0.2, 0.25) is 0 Å². The van der Waals surface area contributed by atoms with Crippen LogP contribution in [0.5, 0.6) is 0 Å². The van der Waals surface area contributed by atoms with Crippen molar-refractivity contribution in [1.29, 1.82) is 0 Å². The molecule has 0 heterocycles. The Hall–Kier alpha value is -0.250. The van der Waals surface area contributed by atoms with Crippen LogP contribution in [0.4, 0.5) is 0 Å². The van der Waals surface area contributed by atoms with Crippen molar-refractivity contribution < 1.29 is 28.3 Å². The molecule has 1 unspecified atom stereocenters. The van der Waals surface area contributed by atoms with Gasteiger partial charge in [0.05, 0.1) is 31.0 Å². The van der Waals surface area contributed by atoms with Crippen molar-refractivity contribution >= 4 is 10.1 Å². The number of hydrogen-bond donors (Lipinski definition) is 5. The van der Waals surface area contributed by atoms with E-state index in [4.69, 9.17) is 25.6 Å². The summed E-state index contributed by atoms with van der Waals surface area (Å²) in [6.07, 6.45) is 0. The highest BCUT2D eigenvalue weighted by atomic mass is 32.2. The number of nitrogens with two attached hydrogens (primary N) is 1. The Bertz CT molecular complexity index is 251. The zero-order valence-electron chi connectivity index (χ0n) is 7.50. The second-order valence-electron chi connectivity index (χ2n) is 3.19. The zero-order chi connectivity index (χ0) is 11.4. The molecule has 6 N–H and O–H groups in total. The van der Waals surface area contributed by atoms with E-state index in [2.05, 4.69) is 0 Å². The molecule has 0 aliphatic rings. The molecule has 7 nitrogen and oxygen atoms in total. The smallest absolute Gasteiger partial charge is 0.266 e. The number of hydrogen-bond acceptors (Lipinski definition) is 6. The second-order valence-corrected chi connectivity index (χ2v) is 4.69. The summed E-state index contributed by atoms with van der Waals surface area (Å²) >= 11 is 0. The minimum atomic E-state index is -4.30. The molecule has 0 rings (SSSR count). The van der Waals surface area contributed by atoms with Crippen LogP contribution in [-0.2, 0) is 10.1 Å². The maximum atomic E-state index is 10.5. The molecular weight excluding hydrogens is 214 g/mol. The molecule has 0 aliphatic heterocycles. The van der Waals surface area contributed by atoms with Crippen molar-refractivity contribution in [2.75, 3.05) is 25.6 Å². The molecule has 0 aromatic carbocycles. The Kier molecular flexibility index (Phi) is 4.92. The normalized spacial score (nSPS) is 15.5. The predicted molar refractivity (Wildman–Crippen MR) is 48.1 cm³/mol. The highest BCUT2D eigenvalue weighted by molar-refractivity contribution is 7.85. The third-order valence-corrected chi connectivity index (χ3v) is 2.90. The molecule has 1 atom stereocenters. The third-order valence-electron chi connectivity index (χ3n) is 2.12. The Morgan fingerprint density at radius 2 is 1.50 bits per heavy atom. The van der Waals surface area contributed by atoms with E-state index in [-0.39, 0.29) is 0 Å². The predicted octanol–water partition coefficient (Wildman–Crippen LogP) is -2.84. The molecule has 0 fully saturated rings. The van der Waals surface area contributed by atoms with E-state index in [0.29, 0.717) is 0 Å². The lowest BCUT2D eigenvalue weighted by Crippen LogP contribution is -2.53. The van der Waals surface area contributed by atoms with Crippen LogP contribution in [0.1, 0.15) is 0 Å². The van der Waals surface area contributed by atoms with Gasteiger partial charge in [-0.05, 0) is 0 Å². The van der Waals surface area contributed by atoms with Gasteiger partial charge in [0.1, 0.15) is 0 Å². The third kappa shape index (κ3) is 3.48. The maximum Gasteiger partial charge on any atom is 0.266 e. The summed E-state index contributed by atoms with van der Waals surface area (Å²) in [6, 6.07) is -1.24. The molecule has 0 radical (unpaired) electrons.